The van der Waals surface area contributed by atoms with Gasteiger partial charge in [0.2, 0.25) is 0 Å². The van der Waals surface area contributed by atoms with Gasteiger partial charge in [0.25, 0.3) is 5.91 Å². The minimum absolute atomic E-state index is 0.00578. The van der Waals surface area contributed by atoms with Gasteiger partial charge < -0.3 is 30.6 Å². The number of nitrogens with zero attached hydrogens (tertiary/aromatic N) is 1. The van der Waals surface area contributed by atoms with Crippen LogP contribution in [0.2, 0.25) is 0 Å². The number of hydrogen-bond donors (Lipinski definition) is 5. The summed E-state index contributed by atoms with van der Waals surface area (Å²) in [4.78, 5) is 41.8. The van der Waals surface area contributed by atoms with Crippen LogP contribution in [0.25, 0.3) is 0 Å². The van der Waals surface area contributed by atoms with Gasteiger partial charge in [-0.3, -0.25) is 14.4 Å². The maximum absolute atomic E-state index is 12.6. The maximum atomic E-state index is 12.6. The quantitative estimate of drug-likeness (QED) is 0.257. The Morgan fingerprint density at radius 3 is 2.56 bits per heavy atom. The van der Waals surface area contributed by atoms with Crippen LogP contribution in [-0.4, -0.2) is 75.3 Å². The van der Waals surface area contributed by atoms with Crippen LogP contribution in [0.1, 0.15) is 76.7 Å². The summed E-state index contributed by atoms with van der Waals surface area (Å²) < 4.78 is 0. The third-order valence-electron chi connectivity index (χ3n) is 11.3. The van der Waals surface area contributed by atoms with Gasteiger partial charge in [0, 0.05) is 17.9 Å². The van der Waals surface area contributed by atoms with Crippen LogP contribution < -0.4 is 5.32 Å². The van der Waals surface area contributed by atoms with Crippen LogP contribution in [-0.2, 0) is 19.2 Å². The van der Waals surface area contributed by atoms with E-state index >= 15 is 0 Å². The zero-order valence-corrected chi connectivity index (χ0v) is 25.0. The Balaban J connectivity index is 1.21. The van der Waals surface area contributed by atoms with Crippen LogP contribution in [0.15, 0.2) is 47.1 Å². The largest absolute Gasteiger partial charge is 0.481 e. The molecule has 1 aromatic rings. The topological polar surface area (TPSA) is 166 Å². The molecule has 0 spiro atoms. The summed E-state index contributed by atoms with van der Waals surface area (Å²) in [5, 5.41) is 48.8. The first kappa shape index (κ1) is 31.3. The third kappa shape index (κ3) is 5.65. The second kappa shape index (κ2) is 12.1. The molecule has 0 saturated heterocycles. The molecule has 0 aromatic heterocycles. The Hall–Kier alpha value is -3.08. The number of aliphatic carboxylic acids is 1. The summed E-state index contributed by atoms with van der Waals surface area (Å²) in [5.41, 5.74) is 0.157. The summed E-state index contributed by atoms with van der Waals surface area (Å²) in [6.07, 6.45) is 5.63. The Labute approximate surface area is 252 Å². The van der Waals surface area contributed by atoms with E-state index in [-0.39, 0.29) is 54.6 Å². The minimum atomic E-state index is -1.61. The van der Waals surface area contributed by atoms with Crippen molar-refractivity contribution in [1.29, 1.82) is 0 Å². The average Bonchev–Trinajstić information content (AvgIpc) is 3.25. The number of carbonyl (C=O) groups excluding carboxylic acids is 2. The number of carboxylic acids is 1. The minimum Gasteiger partial charge on any atom is -0.481 e. The van der Waals surface area contributed by atoms with E-state index in [9.17, 15) is 34.8 Å². The first-order valence-corrected chi connectivity index (χ1v) is 15.4. The van der Waals surface area contributed by atoms with Crippen molar-refractivity contribution in [3.8, 4) is 0 Å². The second-order valence-corrected chi connectivity index (χ2v) is 13.5. The molecular formula is C33H44N2O8. The van der Waals surface area contributed by atoms with Crippen molar-refractivity contribution in [2.45, 2.75) is 82.8 Å². The van der Waals surface area contributed by atoms with Crippen LogP contribution >= 0.6 is 0 Å². The smallest absolute Gasteiger partial charge is 0.304 e. The molecule has 4 aliphatic carbocycles. The highest BCUT2D eigenvalue weighted by Crippen LogP contribution is 2.67. The number of carbonyl (C=O) groups is 3. The van der Waals surface area contributed by atoms with Crippen molar-refractivity contribution >= 4 is 23.4 Å². The van der Waals surface area contributed by atoms with Crippen molar-refractivity contribution in [2.24, 2.45) is 33.7 Å². The predicted octanol–water partition coefficient (Wildman–Crippen LogP) is 2.96. The van der Waals surface area contributed by atoms with E-state index in [1.165, 1.54) is 5.57 Å². The van der Waals surface area contributed by atoms with Crippen molar-refractivity contribution in [3.63, 3.8) is 0 Å². The molecule has 4 aliphatic rings. The lowest BCUT2D eigenvalue weighted by molar-refractivity contribution is -0.181. The highest BCUT2D eigenvalue weighted by atomic mass is 16.6. The number of Topliss-reactive ketones (excluding diaryl/α,β-unsaturated/α-hetero) is 1. The monoisotopic (exact) mass is 596 g/mol. The zero-order chi connectivity index (χ0) is 31.0. The lowest BCUT2D eigenvalue weighted by Crippen LogP contribution is -2.62. The molecule has 5 N–H and O–H groups in total. The van der Waals surface area contributed by atoms with Gasteiger partial charge in [-0.1, -0.05) is 54.9 Å². The summed E-state index contributed by atoms with van der Waals surface area (Å²) in [6, 6.07) is 9.22. The van der Waals surface area contributed by atoms with E-state index in [0.29, 0.717) is 25.7 Å². The Morgan fingerprint density at radius 2 is 1.86 bits per heavy atom. The molecular weight excluding hydrogens is 552 g/mol. The summed E-state index contributed by atoms with van der Waals surface area (Å²) in [6.45, 7) is 3.31. The van der Waals surface area contributed by atoms with E-state index < -0.39 is 35.5 Å². The van der Waals surface area contributed by atoms with E-state index in [1.54, 1.807) is 0 Å². The van der Waals surface area contributed by atoms with Gasteiger partial charge in [-0.2, -0.15) is 0 Å². The Morgan fingerprint density at radius 1 is 1.12 bits per heavy atom. The highest BCUT2D eigenvalue weighted by molar-refractivity contribution is 5.96. The molecule has 0 aliphatic heterocycles. The number of amides is 1. The number of benzene rings is 1. The molecule has 5 rings (SSSR count). The molecule has 43 heavy (non-hydrogen) atoms. The molecule has 0 bridgehead atoms. The molecule has 10 nitrogen and oxygen atoms in total. The number of carboxylic acid groups (broad SMARTS) is 1. The van der Waals surface area contributed by atoms with Gasteiger partial charge in [0.1, 0.15) is 12.2 Å². The molecule has 3 saturated carbocycles. The van der Waals surface area contributed by atoms with E-state index in [1.807, 2.05) is 43.3 Å². The summed E-state index contributed by atoms with van der Waals surface area (Å²) in [5.74, 6) is -1.97. The maximum Gasteiger partial charge on any atom is 0.304 e. The fraction of sp³-hybridized carbons (Fsp3) is 0.636. The third-order valence-corrected chi connectivity index (χ3v) is 11.3. The predicted molar refractivity (Wildman–Crippen MR) is 158 cm³/mol. The molecule has 8 atom stereocenters. The molecule has 10 heteroatoms. The van der Waals surface area contributed by atoms with Crippen LogP contribution in [0.4, 0.5) is 0 Å². The van der Waals surface area contributed by atoms with Gasteiger partial charge in [-0.25, -0.2) is 0 Å². The van der Waals surface area contributed by atoms with Crippen molar-refractivity contribution in [3.05, 3.63) is 47.5 Å². The summed E-state index contributed by atoms with van der Waals surface area (Å²) in [7, 11) is 0. The van der Waals surface area contributed by atoms with Crippen LogP contribution in [0, 0.1) is 28.6 Å². The van der Waals surface area contributed by atoms with E-state index in [0.717, 1.165) is 30.5 Å². The van der Waals surface area contributed by atoms with Crippen molar-refractivity contribution in [1.82, 2.24) is 5.32 Å². The first-order valence-electron chi connectivity index (χ1n) is 15.4. The first-order chi connectivity index (χ1) is 20.4. The molecule has 3 fully saturated rings. The number of rotatable bonds is 10. The van der Waals surface area contributed by atoms with E-state index in [4.69, 9.17) is 4.84 Å². The fourth-order valence-electron chi connectivity index (χ4n) is 9.07. The van der Waals surface area contributed by atoms with Crippen molar-refractivity contribution in [2.75, 3.05) is 19.8 Å². The number of nitrogens with one attached hydrogen (secondary N) is 1. The number of aliphatic hydroxyl groups is 3. The zero-order valence-electron chi connectivity index (χ0n) is 25.0. The van der Waals surface area contributed by atoms with Gasteiger partial charge in [-0.15, -0.1) is 0 Å². The van der Waals surface area contributed by atoms with Crippen LogP contribution in [0.5, 0.6) is 0 Å². The van der Waals surface area contributed by atoms with Gasteiger partial charge >= 0.3 is 5.97 Å². The number of ketones is 1. The highest BCUT2D eigenvalue weighted by Gasteiger charge is 2.68. The number of aliphatic hydroxyl groups excluding tert-OH is 2. The molecule has 1 amide bonds. The Bertz CT molecular complexity index is 1300. The number of allylic oxidation sites excluding steroid dienone is 2. The second-order valence-electron chi connectivity index (χ2n) is 13.5. The summed E-state index contributed by atoms with van der Waals surface area (Å²) >= 11 is 0. The van der Waals surface area contributed by atoms with Gasteiger partial charge in [-0.05, 0) is 79.8 Å². The average molecular weight is 597 g/mol. The number of oxime groups is 1. The van der Waals surface area contributed by atoms with Gasteiger partial charge in [0.05, 0.1) is 18.2 Å². The lowest BCUT2D eigenvalue weighted by atomic mass is 9.45. The lowest BCUT2D eigenvalue weighted by Gasteiger charge is -2.60. The standard InChI is InChI=1S/C33H44N2O8/c1-31-12-10-23(35-43-19-28(39)34-17-21(14-29(40)41)20-6-4-3-5-7-20)15-22(31)8-9-24-25-11-13-33(42,27(38)18-36)32(25,2)16-26(37)30(24)31/h3-7,15,21,24-26,30,36-37,42H,8-14,16-19H2,1-2H3,(H,34,39)(H,40,41)/b35-23+/t21-,24-,25+,26+,30+,31+,32+,33+/m1/s1. The normalized spacial score (nSPS) is 36.5. The van der Waals surface area contributed by atoms with Gasteiger partial charge in [0.15, 0.2) is 12.4 Å². The number of hydrogen-bond acceptors (Lipinski definition) is 8. The molecule has 234 valence electrons. The fourth-order valence-corrected chi connectivity index (χ4v) is 9.07. The van der Waals surface area contributed by atoms with E-state index in [2.05, 4.69) is 17.4 Å². The molecule has 0 radical (unpaired) electrons. The molecule has 0 heterocycles. The molecule has 1 aromatic carbocycles. The number of fused-ring (bicyclic) bond motifs is 5. The molecule has 0 unspecified atom stereocenters. The SMILES string of the molecule is C[C@]12CC/C(=N\OCC(=O)NC[C@@H](CC(=O)O)c3ccccc3)C=C1CC[C@H]1[C@H]2[C@@H](O)C[C@@]2(C)[C@H]1CC[C@]2(O)C(=O)CO. The van der Waals surface area contributed by atoms with Crippen molar-refractivity contribution < 1.29 is 39.6 Å². The van der Waals surface area contributed by atoms with Crippen LogP contribution in [0.3, 0.4) is 0 Å². The Kier molecular flexibility index (Phi) is 8.84.